The summed E-state index contributed by atoms with van der Waals surface area (Å²) in [5.41, 5.74) is 1.78. The van der Waals surface area contributed by atoms with Crippen LogP contribution in [0.3, 0.4) is 0 Å². The number of benzene rings is 1. The van der Waals surface area contributed by atoms with Crippen molar-refractivity contribution >= 4 is 22.6 Å². The van der Waals surface area contributed by atoms with Crippen LogP contribution in [0.4, 0.5) is 0 Å². The standard InChI is InChI=1S/C16H17IN2O2/c1-21-12-8-4-7-11(9-12)15-18-14(10-5-2-3-6-10)13(17)16(20)19-15/h4,7-10H,2-3,5-6H2,1H3,(H,18,19,20). The maximum atomic E-state index is 12.2. The van der Waals surface area contributed by atoms with Gasteiger partial charge in [-0.15, -0.1) is 0 Å². The highest BCUT2D eigenvalue weighted by Crippen LogP contribution is 2.35. The van der Waals surface area contributed by atoms with Crippen molar-refractivity contribution in [1.29, 1.82) is 0 Å². The van der Waals surface area contributed by atoms with Crippen LogP contribution in [-0.4, -0.2) is 17.1 Å². The molecule has 0 aliphatic heterocycles. The van der Waals surface area contributed by atoms with E-state index in [1.165, 1.54) is 12.8 Å². The molecule has 0 radical (unpaired) electrons. The molecule has 5 heteroatoms. The Morgan fingerprint density at radius 2 is 2.10 bits per heavy atom. The summed E-state index contributed by atoms with van der Waals surface area (Å²) in [4.78, 5) is 19.8. The van der Waals surface area contributed by atoms with E-state index >= 15 is 0 Å². The number of rotatable bonds is 3. The van der Waals surface area contributed by atoms with Crippen LogP contribution in [0.1, 0.15) is 37.3 Å². The zero-order valence-electron chi connectivity index (χ0n) is 11.9. The summed E-state index contributed by atoms with van der Waals surface area (Å²) in [7, 11) is 1.63. The number of hydrogen-bond donors (Lipinski definition) is 1. The number of halogens is 1. The summed E-state index contributed by atoms with van der Waals surface area (Å²) in [6, 6.07) is 7.61. The Kier molecular flexibility index (Phi) is 4.28. The molecule has 1 aromatic heterocycles. The molecule has 0 spiro atoms. The van der Waals surface area contributed by atoms with Crippen molar-refractivity contribution in [2.75, 3.05) is 7.11 Å². The van der Waals surface area contributed by atoms with Gasteiger partial charge in [0.1, 0.15) is 11.6 Å². The SMILES string of the molecule is COc1cccc(-c2nc(C3CCCC3)c(I)c(=O)[nH]2)c1. The lowest BCUT2D eigenvalue weighted by Gasteiger charge is -2.12. The maximum absolute atomic E-state index is 12.2. The first-order valence-electron chi connectivity index (χ1n) is 7.13. The van der Waals surface area contributed by atoms with E-state index < -0.39 is 0 Å². The van der Waals surface area contributed by atoms with Gasteiger partial charge in [-0.2, -0.15) is 0 Å². The molecular weight excluding hydrogens is 379 g/mol. The van der Waals surface area contributed by atoms with Gasteiger partial charge in [0.05, 0.1) is 16.4 Å². The summed E-state index contributed by atoms with van der Waals surface area (Å²) in [5.74, 6) is 1.81. The molecule has 21 heavy (non-hydrogen) atoms. The van der Waals surface area contributed by atoms with Crippen LogP contribution in [0.2, 0.25) is 0 Å². The molecule has 1 aliphatic carbocycles. The minimum absolute atomic E-state index is 0.0506. The lowest BCUT2D eigenvalue weighted by Crippen LogP contribution is -2.17. The molecule has 3 rings (SSSR count). The molecule has 110 valence electrons. The summed E-state index contributed by atoms with van der Waals surface area (Å²) in [6.45, 7) is 0. The van der Waals surface area contributed by atoms with Gasteiger partial charge in [-0.05, 0) is 47.6 Å². The van der Waals surface area contributed by atoms with Gasteiger partial charge in [0.25, 0.3) is 5.56 Å². The molecule has 1 aromatic carbocycles. The average Bonchev–Trinajstić information content (AvgIpc) is 3.04. The molecule has 0 bridgehead atoms. The second-order valence-corrected chi connectivity index (χ2v) is 6.41. The predicted molar refractivity (Wildman–Crippen MR) is 90.8 cm³/mol. The summed E-state index contributed by atoms with van der Waals surface area (Å²) >= 11 is 2.11. The Balaban J connectivity index is 2.08. The van der Waals surface area contributed by atoms with E-state index in [2.05, 4.69) is 27.6 Å². The zero-order valence-corrected chi connectivity index (χ0v) is 14.0. The highest BCUT2D eigenvalue weighted by atomic mass is 127. The first-order valence-corrected chi connectivity index (χ1v) is 8.21. The maximum Gasteiger partial charge on any atom is 0.264 e. The number of aromatic amines is 1. The molecule has 0 saturated heterocycles. The van der Waals surface area contributed by atoms with Crippen molar-refractivity contribution in [2.24, 2.45) is 0 Å². The molecule has 4 nitrogen and oxygen atoms in total. The smallest absolute Gasteiger partial charge is 0.264 e. The Morgan fingerprint density at radius 1 is 1.33 bits per heavy atom. The lowest BCUT2D eigenvalue weighted by atomic mass is 10.0. The largest absolute Gasteiger partial charge is 0.497 e. The number of nitrogens with one attached hydrogen (secondary N) is 1. The first kappa shape index (κ1) is 14.6. The first-order chi connectivity index (χ1) is 10.2. The quantitative estimate of drug-likeness (QED) is 0.805. The topological polar surface area (TPSA) is 55.0 Å². The van der Waals surface area contributed by atoms with Crippen LogP contribution in [0.5, 0.6) is 5.75 Å². The fourth-order valence-electron chi connectivity index (χ4n) is 2.85. The van der Waals surface area contributed by atoms with Crippen LogP contribution >= 0.6 is 22.6 Å². The zero-order chi connectivity index (χ0) is 14.8. The van der Waals surface area contributed by atoms with Crippen molar-refractivity contribution in [1.82, 2.24) is 9.97 Å². The summed E-state index contributed by atoms with van der Waals surface area (Å²) in [6.07, 6.45) is 4.71. The molecule has 1 aliphatic rings. The molecule has 1 heterocycles. The van der Waals surface area contributed by atoms with E-state index in [4.69, 9.17) is 9.72 Å². The lowest BCUT2D eigenvalue weighted by molar-refractivity contribution is 0.415. The van der Waals surface area contributed by atoms with Gasteiger partial charge in [0, 0.05) is 11.5 Å². The van der Waals surface area contributed by atoms with Gasteiger partial charge in [-0.25, -0.2) is 4.98 Å². The van der Waals surface area contributed by atoms with E-state index in [-0.39, 0.29) is 5.56 Å². The minimum atomic E-state index is -0.0506. The number of aromatic nitrogens is 2. The van der Waals surface area contributed by atoms with E-state index in [9.17, 15) is 4.79 Å². The van der Waals surface area contributed by atoms with Crippen molar-refractivity contribution in [3.05, 3.63) is 43.9 Å². The van der Waals surface area contributed by atoms with Crippen LogP contribution in [-0.2, 0) is 0 Å². The van der Waals surface area contributed by atoms with Crippen molar-refractivity contribution in [3.8, 4) is 17.1 Å². The van der Waals surface area contributed by atoms with Gasteiger partial charge in [0.2, 0.25) is 0 Å². The molecular formula is C16H17IN2O2. The molecule has 0 amide bonds. The van der Waals surface area contributed by atoms with Gasteiger partial charge in [-0.1, -0.05) is 25.0 Å². The Morgan fingerprint density at radius 3 is 2.81 bits per heavy atom. The molecule has 1 saturated carbocycles. The minimum Gasteiger partial charge on any atom is -0.497 e. The predicted octanol–water partition coefficient (Wildman–Crippen LogP) is 3.71. The molecule has 2 aromatic rings. The van der Waals surface area contributed by atoms with Gasteiger partial charge < -0.3 is 9.72 Å². The van der Waals surface area contributed by atoms with E-state index in [1.807, 2.05) is 24.3 Å². The second kappa shape index (κ2) is 6.17. The van der Waals surface area contributed by atoms with E-state index in [0.29, 0.717) is 11.7 Å². The number of methoxy groups -OCH3 is 1. The average molecular weight is 396 g/mol. The highest BCUT2D eigenvalue weighted by Gasteiger charge is 2.23. The Bertz CT molecular complexity index is 706. The molecule has 0 atom stereocenters. The van der Waals surface area contributed by atoms with E-state index in [0.717, 1.165) is 33.4 Å². The van der Waals surface area contributed by atoms with Gasteiger partial charge >= 0.3 is 0 Å². The molecule has 0 unspecified atom stereocenters. The third kappa shape index (κ3) is 2.97. The monoisotopic (exact) mass is 396 g/mol. The van der Waals surface area contributed by atoms with Gasteiger partial charge in [-0.3, -0.25) is 4.79 Å². The van der Waals surface area contributed by atoms with Crippen LogP contribution in [0.25, 0.3) is 11.4 Å². The van der Waals surface area contributed by atoms with Crippen LogP contribution in [0, 0.1) is 3.57 Å². The number of H-pyrrole nitrogens is 1. The van der Waals surface area contributed by atoms with E-state index in [1.54, 1.807) is 7.11 Å². The number of hydrogen-bond acceptors (Lipinski definition) is 3. The third-order valence-electron chi connectivity index (χ3n) is 3.97. The third-order valence-corrected chi connectivity index (χ3v) is 5.02. The second-order valence-electron chi connectivity index (χ2n) is 5.33. The van der Waals surface area contributed by atoms with Crippen LogP contribution in [0.15, 0.2) is 29.1 Å². The number of nitrogens with zero attached hydrogens (tertiary/aromatic N) is 1. The summed E-state index contributed by atoms with van der Waals surface area (Å²) < 4.78 is 5.97. The van der Waals surface area contributed by atoms with Crippen molar-refractivity contribution in [3.63, 3.8) is 0 Å². The van der Waals surface area contributed by atoms with Gasteiger partial charge in [0.15, 0.2) is 0 Å². The normalized spacial score (nSPS) is 15.3. The Labute approximate surface area is 137 Å². The highest BCUT2D eigenvalue weighted by molar-refractivity contribution is 14.1. The fourth-order valence-corrected chi connectivity index (χ4v) is 3.55. The van der Waals surface area contributed by atoms with Crippen LogP contribution < -0.4 is 10.3 Å². The Hall–Kier alpha value is -1.37. The molecule has 1 fully saturated rings. The fraction of sp³-hybridized carbons (Fsp3) is 0.375. The van der Waals surface area contributed by atoms with Crippen molar-refractivity contribution in [2.45, 2.75) is 31.6 Å². The summed E-state index contributed by atoms with van der Waals surface area (Å²) in [5, 5.41) is 0. The molecule has 1 N–H and O–H groups in total. The number of ether oxygens (including phenoxy) is 1. The van der Waals surface area contributed by atoms with Crippen molar-refractivity contribution < 1.29 is 4.74 Å².